The number of hydrogen-bond acceptors (Lipinski definition) is 4. The fourth-order valence-corrected chi connectivity index (χ4v) is 1.59. The third-order valence-corrected chi connectivity index (χ3v) is 2.52. The van der Waals surface area contributed by atoms with Gasteiger partial charge in [-0.2, -0.15) is 5.26 Å². The molecule has 1 heterocycles. The van der Waals surface area contributed by atoms with Gasteiger partial charge in [0.15, 0.2) is 0 Å². The van der Waals surface area contributed by atoms with Gasteiger partial charge in [0.1, 0.15) is 17.6 Å². The average Bonchev–Trinajstić information content (AvgIpc) is 2.46. The number of rotatable bonds is 4. The van der Waals surface area contributed by atoms with Crippen LogP contribution >= 0.6 is 0 Å². The molecular weight excluding hydrogens is 226 g/mol. The Morgan fingerprint density at radius 1 is 1.17 bits per heavy atom. The number of aromatic nitrogens is 1. The van der Waals surface area contributed by atoms with Gasteiger partial charge >= 0.3 is 0 Å². The molecule has 1 unspecified atom stereocenters. The third-order valence-electron chi connectivity index (χ3n) is 2.52. The summed E-state index contributed by atoms with van der Waals surface area (Å²) >= 11 is 0. The summed E-state index contributed by atoms with van der Waals surface area (Å²) in [5, 5.41) is 21.7. The van der Waals surface area contributed by atoms with E-state index < -0.39 is 6.10 Å². The normalized spacial score (nSPS) is 11.6. The summed E-state index contributed by atoms with van der Waals surface area (Å²) in [5.74, 6) is 0.587. The van der Waals surface area contributed by atoms with Crippen molar-refractivity contribution in [2.75, 3.05) is 11.9 Å². The Labute approximate surface area is 106 Å². The Bertz CT molecular complexity index is 548. The lowest BCUT2D eigenvalue weighted by atomic mass is 10.1. The van der Waals surface area contributed by atoms with E-state index >= 15 is 0 Å². The fourth-order valence-electron chi connectivity index (χ4n) is 1.59. The molecule has 0 amide bonds. The molecule has 2 N–H and O–H groups in total. The predicted molar refractivity (Wildman–Crippen MR) is 68.8 cm³/mol. The molecule has 0 aliphatic heterocycles. The molecule has 1 aromatic heterocycles. The molecular formula is C14H13N3O. The van der Waals surface area contributed by atoms with Crippen LogP contribution < -0.4 is 5.32 Å². The molecule has 1 atom stereocenters. The van der Waals surface area contributed by atoms with Gasteiger partial charge in [-0.25, -0.2) is 4.98 Å². The van der Waals surface area contributed by atoms with Crippen LogP contribution in [0.4, 0.5) is 5.82 Å². The number of aliphatic hydroxyl groups is 1. The second-order valence-electron chi connectivity index (χ2n) is 3.83. The van der Waals surface area contributed by atoms with Crippen molar-refractivity contribution in [1.82, 2.24) is 4.98 Å². The summed E-state index contributed by atoms with van der Waals surface area (Å²) < 4.78 is 0. The lowest BCUT2D eigenvalue weighted by Gasteiger charge is -2.12. The maximum atomic E-state index is 9.95. The highest BCUT2D eigenvalue weighted by atomic mass is 16.3. The predicted octanol–water partition coefficient (Wildman–Crippen LogP) is 2.10. The van der Waals surface area contributed by atoms with Crippen LogP contribution in [0.15, 0.2) is 48.5 Å². The van der Waals surface area contributed by atoms with Crippen LogP contribution in [0, 0.1) is 11.3 Å². The van der Waals surface area contributed by atoms with Crippen molar-refractivity contribution >= 4 is 5.82 Å². The lowest BCUT2D eigenvalue weighted by Crippen LogP contribution is -2.13. The van der Waals surface area contributed by atoms with Crippen molar-refractivity contribution in [2.24, 2.45) is 0 Å². The number of benzene rings is 1. The van der Waals surface area contributed by atoms with E-state index in [2.05, 4.69) is 10.3 Å². The van der Waals surface area contributed by atoms with Crippen molar-refractivity contribution in [3.8, 4) is 6.07 Å². The highest BCUT2D eigenvalue weighted by Gasteiger charge is 2.06. The summed E-state index contributed by atoms with van der Waals surface area (Å²) in [6.07, 6.45) is -0.598. The second-order valence-corrected chi connectivity index (χ2v) is 3.83. The van der Waals surface area contributed by atoms with E-state index in [9.17, 15) is 5.11 Å². The molecule has 0 aliphatic rings. The summed E-state index contributed by atoms with van der Waals surface area (Å²) in [5.41, 5.74) is 1.20. The Morgan fingerprint density at radius 3 is 2.67 bits per heavy atom. The largest absolute Gasteiger partial charge is 0.387 e. The first-order valence-corrected chi connectivity index (χ1v) is 5.63. The zero-order chi connectivity index (χ0) is 12.8. The number of nitrogens with zero attached hydrogens (tertiary/aromatic N) is 2. The van der Waals surface area contributed by atoms with Gasteiger partial charge in [0, 0.05) is 6.54 Å². The molecule has 0 aliphatic carbocycles. The summed E-state index contributed by atoms with van der Waals surface area (Å²) in [6.45, 7) is 0.353. The minimum atomic E-state index is -0.598. The Morgan fingerprint density at radius 2 is 1.94 bits per heavy atom. The maximum Gasteiger partial charge on any atom is 0.142 e. The van der Waals surface area contributed by atoms with Gasteiger partial charge in [0.25, 0.3) is 0 Å². The molecule has 4 nitrogen and oxygen atoms in total. The van der Waals surface area contributed by atoms with Crippen molar-refractivity contribution in [3.63, 3.8) is 0 Å². The molecule has 0 saturated heterocycles. The molecule has 0 radical (unpaired) electrons. The van der Waals surface area contributed by atoms with Crippen LogP contribution in [0.1, 0.15) is 17.4 Å². The quantitative estimate of drug-likeness (QED) is 0.857. The van der Waals surface area contributed by atoms with Crippen LogP contribution in [0.5, 0.6) is 0 Å². The Kier molecular flexibility index (Phi) is 3.90. The molecule has 0 spiro atoms. The molecule has 0 fully saturated rings. The third kappa shape index (κ3) is 3.06. The van der Waals surface area contributed by atoms with Crippen LogP contribution in [0.25, 0.3) is 0 Å². The number of nitrogens with one attached hydrogen (secondary N) is 1. The van der Waals surface area contributed by atoms with Crippen LogP contribution in [-0.2, 0) is 0 Å². The molecule has 90 valence electrons. The molecule has 0 saturated carbocycles. The van der Waals surface area contributed by atoms with Crippen LogP contribution in [0.3, 0.4) is 0 Å². The highest BCUT2D eigenvalue weighted by Crippen LogP contribution is 2.13. The first-order chi connectivity index (χ1) is 8.79. The number of nitriles is 1. The van der Waals surface area contributed by atoms with Gasteiger partial charge in [0.2, 0.25) is 0 Å². The van der Waals surface area contributed by atoms with Crippen LogP contribution in [-0.4, -0.2) is 16.6 Å². The minimum absolute atomic E-state index is 0.353. The van der Waals surface area contributed by atoms with Gasteiger partial charge in [-0.15, -0.1) is 0 Å². The number of hydrogen-bond donors (Lipinski definition) is 2. The van der Waals surface area contributed by atoms with E-state index in [0.717, 1.165) is 5.56 Å². The summed E-state index contributed by atoms with van der Waals surface area (Å²) in [6, 6.07) is 16.5. The van der Waals surface area contributed by atoms with Gasteiger partial charge in [-0.05, 0) is 17.7 Å². The van der Waals surface area contributed by atoms with Gasteiger partial charge in [0.05, 0.1) is 6.10 Å². The van der Waals surface area contributed by atoms with Gasteiger partial charge < -0.3 is 10.4 Å². The number of anilines is 1. The molecule has 0 bridgehead atoms. The van der Waals surface area contributed by atoms with E-state index in [4.69, 9.17) is 5.26 Å². The summed E-state index contributed by atoms with van der Waals surface area (Å²) in [4.78, 5) is 4.07. The van der Waals surface area contributed by atoms with Crippen LogP contribution in [0.2, 0.25) is 0 Å². The average molecular weight is 239 g/mol. The molecule has 4 heteroatoms. The molecule has 18 heavy (non-hydrogen) atoms. The maximum absolute atomic E-state index is 9.95. The van der Waals surface area contributed by atoms with Crippen molar-refractivity contribution in [2.45, 2.75) is 6.10 Å². The number of pyridine rings is 1. The van der Waals surface area contributed by atoms with Crippen molar-refractivity contribution in [1.29, 1.82) is 5.26 Å². The summed E-state index contributed by atoms with van der Waals surface area (Å²) in [7, 11) is 0. The van der Waals surface area contributed by atoms with Crippen molar-refractivity contribution < 1.29 is 5.11 Å². The highest BCUT2D eigenvalue weighted by molar-refractivity contribution is 5.38. The zero-order valence-corrected chi connectivity index (χ0v) is 9.74. The monoisotopic (exact) mass is 239 g/mol. The lowest BCUT2D eigenvalue weighted by molar-refractivity contribution is 0.191. The van der Waals surface area contributed by atoms with E-state index in [1.165, 1.54) is 0 Å². The zero-order valence-electron chi connectivity index (χ0n) is 9.74. The first-order valence-electron chi connectivity index (χ1n) is 5.63. The Hall–Kier alpha value is -2.38. The second kappa shape index (κ2) is 5.80. The van der Waals surface area contributed by atoms with E-state index in [-0.39, 0.29) is 0 Å². The molecule has 2 aromatic rings. The van der Waals surface area contributed by atoms with Gasteiger partial charge in [-0.1, -0.05) is 36.4 Å². The topological polar surface area (TPSA) is 68.9 Å². The minimum Gasteiger partial charge on any atom is -0.387 e. The molecule has 1 aromatic carbocycles. The SMILES string of the molecule is N#Cc1cccc(NCC(O)c2ccccc2)n1. The van der Waals surface area contributed by atoms with E-state index in [1.54, 1.807) is 18.2 Å². The van der Waals surface area contributed by atoms with Crippen molar-refractivity contribution in [3.05, 3.63) is 59.8 Å². The van der Waals surface area contributed by atoms with E-state index in [1.807, 2.05) is 36.4 Å². The first kappa shape index (κ1) is 12.1. The van der Waals surface area contributed by atoms with Gasteiger partial charge in [-0.3, -0.25) is 0 Å². The van der Waals surface area contributed by atoms with E-state index in [0.29, 0.717) is 18.1 Å². The Balaban J connectivity index is 1.97. The molecule has 2 rings (SSSR count). The smallest absolute Gasteiger partial charge is 0.142 e. The number of aliphatic hydroxyl groups excluding tert-OH is 1. The standard InChI is InChI=1S/C14H13N3O/c15-9-12-7-4-8-14(17-12)16-10-13(18)11-5-2-1-3-6-11/h1-8,13,18H,10H2,(H,16,17). The fraction of sp³-hybridized carbons (Fsp3) is 0.143.